The standard InChI is InChI=1S/C8H18N2OS/c1-8(9-2)7-10-3-5-12(11)6-4-10/h8-9H,3-7H2,1-2H3/t8-/m0/s1. The first-order chi connectivity index (χ1) is 5.72. The lowest BCUT2D eigenvalue weighted by Gasteiger charge is -2.28. The molecule has 0 bridgehead atoms. The lowest BCUT2D eigenvalue weighted by atomic mass is 10.3. The molecule has 1 aliphatic rings. The highest BCUT2D eigenvalue weighted by Gasteiger charge is 2.15. The van der Waals surface area contributed by atoms with E-state index in [9.17, 15) is 4.21 Å². The van der Waals surface area contributed by atoms with Crippen LogP contribution >= 0.6 is 0 Å². The van der Waals surface area contributed by atoms with Crippen LogP contribution in [0.5, 0.6) is 0 Å². The van der Waals surface area contributed by atoms with E-state index in [2.05, 4.69) is 17.1 Å². The maximum atomic E-state index is 11.0. The van der Waals surface area contributed by atoms with Crippen LogP contribution in [0.3, 0.4) is 0 Å². The van der Waals surface area contributed by atoms with Gasteiger partial charge < -0.3 is 5.32 Å². The van der Waals surface area contributed by atoms with Gasteiger partial charge in [-0.3, -0.25) is 9.11 Å². The molecule has 1 aliphatic heterocycles. The Balaban J connectivity index is 2.21. The number of hydrogen-bond donors (Lipinski definition) is 1. The highest BCUT2D eigenvalue weighted by atomic mass is 32.2. The number of likely N-dealkylation sites (N-methyl/N-ethyl adjacent to an activating group) is 1. The largest absolute Gasteiger partial charge is 0.316 e. The van der Waals surface area contributed by atoms with Gasteiger partial charge in [-0.2, -0.15) is 0 Å². The van der Waals surface area contributed by atoms with Gasteiger partial charge in [-0.1, -0.05) is 0 Å². The minimum absolute atomic E-state index is 0.538. The fraction of sp³-hybridized carbons (Fsp3) is 1.00. The summed E-state index contributed by atoms with van der Waals surface area (Å²) >= 11 is 0. The number of nitrogens with one attached hydrogen (secondary N) is 1. The minimum Gasteiger partial charge on any atom is -0.316 e. The van der Waals surface area contributed by atoms with E-state index in [1.807, 2.05) is 7.05 Å². The average Bonchev–Trinajstić information content (AvgIpc) is 2.09. The Bertz CT molecular complexity index is 153. The summed E-state index contributed by atoms with van der Waals surface area (Å²) in [6.45, 7) is 5.25. The zero-order valence-electron chi connectivity index (χ0n) is 7.88. The van der Waals surface area contributed by atoms with Crippen LogP contribution in [0.25, 0.3) is 0 Å². The second-order valence-corrected chi connectivity index (χ2v) is 5.03. The summed E-state index contributed by atoms with van der Waals surface area (Å²) in [6.07, 6.45) is 0. The van der Waals surface area contributed by atoms with Gasteiger partial charge in [-0.05, 0) is 14.0 Å². The summed E-state index contributed by atoms with van der Waals surface area (Å²) in [7, 11) is 1.44. The van der Waals surface area contributed by atoms with Gasteiger partial charge in [0.05, 0.1) is 0 Å². The Morgan fingerprint density at radius 3 is 2.58 bits per heavy atom. The molecular formula is C8H18N2OS. The van der Waals surface area contributed by atoms with Crippen molar-refractivity contribution in [2.24, 2.45) is 0 Å². The van der Waals surface area contributed by atoms with E-state index in [4.69, 9.17) is 0 Å². The van der Waals surface area contributed by atoms with Gasteiger partial charge in [0.2, 0.25) is 0 Å². The first-order valence-electron chi connectivity index (χ1n) is 4.47. The predicted octanol–water partition coefficient (Wildman–Crippen LogP) is -0.341. The van der Waals surface area contributed by atoms with Crippen LogP contribution in [0.4, 0.5) is 0 Å². The zero-order chi connectivity index (χ0) is 8.97. The molecule has 0 aromatic rings. The van der Waals surface area contributed by atoms with Gasteiger partial charge in [0.1, 0.15) is 0 Å². The zero-order valence-corrected chi connectivity index (χ0v) is 8.69. The van der Waals surface area contributed by atoms with Crippen molar-refractivity contribution in [2.75, 3.05) is 38.2 Å². The van der Waals surface area contributed by atoms with Crippen LogP contribution in [-0.4, -0.2) is 53.3 Å². The van der Waals surface area contributed by atoms with Crippen molar-refractivity contribution in [1.82, 2.24) is 10.2 Å². The fourth-order valence-corrected chi connectivity index (χ4v) is 2.46. The van der Waals surface area contributed by atoms with Crippen LogP contribution in [0.15, 0.2) is 0 Å². The quantitative estimate of drug-likeness (QED) is 0.661. The third kappa shape index (κ3) is 3.21. The molecule has 1 N–H and O–H groups in total. The van der Waals surface area contributed by atoms with E-state index in [1.165, 1.54) is 0 Å². The summed E-state index contributed by atoms with van der Waals surface area (Å²) in [5.41, 5.74) is 0. The van der Waals surface area contributed by atoms with Crippen molar-refractivity contribution >= 4 is 10.8 Å². The summed E-state index contributed by atoms with van der Waals surface area (Å²) < 4.78 is 11.0. The number of hydrogen-bond acceptors (Lipinski definition) is 3. The topological polar surface area (TPSA) is 32.3 Å². The Morgan fingerprint density at radius 1 is 1.50 bits per heavy atom. The second-order valence-electron chi connectivity index (χ2n) is 3.34. The molecule has 0 radical (unpaired) electrons. The van der Waals surface area contributed by atoms with Crippen LogP contribution in [0, 0.1) is 0 Å². The molecule has 4 heteroatoms. The summed E-state index contributed by atoms with van der Waals surface area (Å²) in [4.78, 5) is 2.38. The van der Waals surface area contributed by atoms with Crippen molar-refractivity contribution in [3.63, 3.8) is 0 Å². The molecule has 0 aliphatic carbocycles. The molecule has 3 nitrogen and oxygen atoms in total. The molecule has 0 aromatic carbocycles. The van der Waals surface area contributed by atoms with Crippen molar-refractivity contribution < 1.29 is 4.21 Å². The minimum atomic E-state index is -0.540. The molecule has 1 atom stereocenters. The van der Waals surface area contributed by atoms with E-state index < -0.39 is 10.8 Å². The molecule has 0 aromatic heterocycles. The van der Waals surface area contributed by atoms with Gasteiger partial charge in [0.25, 0.3) is 0 Å². The normalized spacial score (nSPS) is 24.2. The molecule has 1 heterocycles. The molecular weight excluding hydrogens is 172 g/mol. The predicted molar refractivity (Wildman–Crippen MR) is 52.8 cm³/mol. The van der Waals surface area contributed by atoms with Crippen LogP contribution in [0.2, 0.25) is 0 Å². The number of nitrogens with zero attached hydrogens (tertiary/aromatic N) is 1. The molecule has 72 valence electrons. The van der Waals surface area contributed by atoms with E-state index in [-0.39, 0.29) is 0 Å². The highest BCUT2D eigenvalue weighted by Crippen LogP contribution is 2.00. The Hall–Kier alpha value is 0.0700. The van der Waals surface area contributed by atoms with Crippen LogP contribution in [-0.2, 0) is 10.8 Å². The van der Waals surface area contributed by atoms with Gasteiger partial charge >= 0.3 is 0 Å². The third-order valence-corrected chi connectivity index (χ3v) is 3.57. The van der Waals surface area contributed by atoms with E-state index in [1.54, 1.807) is 0 Å². The Labute approximate surface area is 77.0 Å². The molecule has 0 unspecified atom stereocenters. The molecule has 0 spiro atoms. The van der Waals surface area contributed by atoms with Crippen LogP contribution < -0.4 is 5.32 Å². The van der Waals surface area contributed by atoms with Gasteiger partial charge in [0.15, 0.2) is 0 Å². The first-order valence-corrected chi connectivity index (χ1v) is 5.96. The maximum Gasteiger partial charge on any atom is 0.0363 e. The van der Waals surface area contributed by atoms with Gasteiger partial charge in [-0.25, -0.2) is 0 Å². The van der Waals surface area contributed by atoms with E-state index in [0.29, 0.717) is 6.04 Å². The maximum absolute atomic E-state index is 11.0. The highest BCUT2D eigenvalue weighted by molar-refractivity contribution is 7.85. The first kappa shape index (κ1) is 10.2. The van der Waals surface area contributed by atoms with Crippen molar-refractivity contribution in [1.29, 1.82) is 0 Å². The van der Waals surface area contributed by atoms with Gasteiger partial charge in [0, 0.05) is 48.0 Å². The molecule has 1 fully saturated rings. The lowest BCUT2D eigenvalue weighted by Crippen LogP contribution is -2.44. The molecule has 12 heavy (non-hydrogen) atoms. The summed E-state index contributed by atoms with van der Waals surface area (Å²) in [5.74, 6) is 1.72. The fourth-order valence-electron chi connectivity index (χ4n) is 1.34. The lowest BCUT2D eigenvalue weighted by molar-refractivity contribution is 0.273. The smallest absolute Gasteiger partial charge is 0.0363 e. The van der Waals surface area contributed by atoms with E-state index in [0.717, 1.165) is 31.1 Å². The molecule has 1 rings (SSSR count). The Morgan fingerprint density at radius 2 is 2.08 bits per heavy atom. The van der Waals surface area contributed by atoms with Crippen molar-refractivity contribution in [3.05, 3.63) is 0 Å². The van der Waals surface area contributed by atoms with Gasteiger partial charge in [-0.15, -0.1) is 0 Å². The van der Waals surface area contributed by atoms with Crippen molar-refractivity contribution in [2.45, 2.75) is 13.0 Å². The van der Waals surface area contributed by atoms with Crippen LogP contribution in [0.1, 0.15) is 6.92 Å². The number of rotatable bonds is 3. The molecule has 0 amide bonds. The average molecular weight is 190 g/mol. The second kappa shape index (κ2) is 4.94. The monoisotopic (exact) mass is 190 g/mol. The summed E-state index contributed by atoms with van der Waals surface area (Å²) in [6, 6.07) is 0.538. The van der Waals surface area contributed by atoms with E-state index >= 15 is 0 Å². The SMILES string of the molecule is CN[C@@H](C)CN1CCS(=O)CC1. The molecule has 0 saturated carbocycles. The Kier molecular flexibility index (Phi) is 4.18. The molecule has 1 saturated heterocycles. The van der Waals surface area contributed by atoms with Crippen molar-refractivity contribution in [3.8, 4) is 0 Å². The summed E-state index contributed by atoms with van der Waals surface area (Å²) in [5, 5.41) is 3.21. The third-order valence-electron chi connectivity index (χ3n) is 2.30.